The number of hydrogen-bond acceptors (Lipinski definition) is 4. The summed E-state index contributed by atoms with van der Waals surface area (Å²) in [5.41, 5.74) is 2.84. The number of fused-ring (bicyclic) bond motifs is 2. The van der Waals surface area contributed by atoms with E-state index in [-0.39, 0.29) is 18.3 Å². The van der Waals surface area contributed by atoms with Crippen molar-refractivity contribution in [1.29, 1.82) is 0 Å². The summed E-state index contributed by atoms with van der Waals surface area (Å²) in [5, 5.41) is 0. The van der Waals surface area contributed by atoms with Crippen molar-refractivity contribution in [2.45, 2.75) is 58.5 Å². The van der Waals surface area contributed by atoms with Gasteiger partial charge in [-0.1, -0.05) is 72.1 Å². The van der Waals surface area contributed by atoms with Crippen molar-refractivity contribution in [1.82, 2.24) is 0 Å². The Kier molecular flexibility index (Phi) is 4.63. The molecule has 0 unspecified atom stereocenters. The minimum absolute atomic E-state index is 0.338. The number of benzene rings is 3. The van der Waals surface area contributed by atoms with E-state index in [1.807, 2.05) is 23.5 Å². The molecule has 0 radical (unpaired) electrons. The molecule has 0 aromatic heterocycles. The lowest BCUT2D eigenvalue weighted by Gasteiger charge is -2.32. The predicted molar refractivity (Wildman–Crippen MR) is 122 cm³/mol. The highest BCUT2D eigenvalue weighted by Crippen LogP contribution is 2.51. The van der Waals surface area contributed by atoms with Gasteiger partial charge in [0.05, 0.1) is 11.2 Å². The third-order valence-corrected chi connectivity index (χ3v) is 8.60. The fourth-order valence-corrected chi connectivity index (χ4v) is 6.01. The van der Waals surface area contributed by atoms with Gasteiger partial charge in [0.1, 0.15) is 0 Å². The second kappa shape index (κ2) is 6.95. The summed E-state index contributed by atoms with van der Waals surface area (Å²) in [5.74, 6) is 0. The average Bonchev–Trinajstić information content (AvgIpc) is 2.93. The standard InChI is InChI=1S/C24H23BO2S2/c1-23(2)24(3,4)27-25(26-23)17-10-7-9-16(15-17)18-11-8-14-21-22(18)29-20-13-6-5-12-19(20)28-21/h5-15H,1-4H3. The third-order valence-electron chi connectivity index (χ3n) is 5.98. The summed E-state index contributed by atoms with van der Waals surface area (Å²) < 4.78 is 12.5. The van der Waals surface area contributed by atoms with Crippen molar-refractivity contribution < 1.29 is 9.31 Å². The van der Waals surface area contributed by atoms with Crippen LogP contribution in [0.2, 0.25) is 0 Å². The lowest BCUT2D eigenvalue weighted by atomic mass is 9.78. The quantitative estimate of drug-likeness (QED) is 0.357. The second-order valence-corrected chi connectivity index (χ2v) is 10.6. The van der Waals surface area contributed by atoms with E-state index in [9.17, 15) is 0 Å². The maximum Gasteiger partial charge on any atom is 0.494 e. The van der Waals surface area contributed by atoms with Crippen molar-refractivity contribution in [3.8, 4) is 11.1 Å². The van der Waals surface area contributed by atoms with Gasteiger partial charge in [-0.15, -0.1) is 0 Å². The molecule has 1 fully saturated rings. The van der Waals surface area contributed by atoms with Gasteiger partial charge in [-0.3, -0.25) is 0 Å². The van der Waals surface area contributed by atoms with Crippen LogP contribution in [0.4, 0.5) is 0 Å². The third kappa shape index (κ3) is 3.34. The Morgan fingerprint density at radius 3 is 2.03 bits per heavy atom. The van der Waals surface area contributed by atoms with Gasteiger partial charge >= 0.3 is 7.12 Å². The van der Waals surface area contributed by atoms with Gasteiger partial charge in [0.25, 0.3) is 0 Å². The fourth-order valence-electron chi connectivity index (χ4n) is 3.61. The van der Waals surface area contributed by atoms with Gasteiger partial charge in [0.15, 0.2) is 0 Å². The summed E-state index contributed by atoms with van der Waals surface area (Å²) >= 11 is 3.71. The van der Waals surface area contributed by atoms with Gasteiger partial charge in [-0.05, 0) is 62.5 Å². The summed E-state index contributed by atoms with van der Waals surface area (Å²) in [6.45, 7) is 8.37. The molecule has 0 amide bonds. The average molecular weight is 418 g/mol. The molecule has 5 heteroatoms. The van der Waals surface area contributed by atoms with Gasteiger partial charge in [0.2, 0.25) is 0 Å². The Morgan fingerprint density at radius 2 is 1.31 bits per heavy atom. The zero-order valence-electron chi connectivity index (χ0n) is 17.1. The molecule has 0 bridgehead atoms. The summed E-state index contributed by atoms with van der Waals surface area (Å²) in [7, 11) is -0.345. The highest BCUT2D eigenvalue weighted by atomic mass is 32.2. The van der Waals surface area contributed by atoms with Gasteiger partial charge in [0, 0.05) is 19.6 Å². The van der Waals surface area contributed by atoms with E-state index in [0.29, 0.717) is 0 Å². The van der Waals surface area contributed by atoms with Crippen LogP contribution in [0.25, 0.3) is 11.1 Å². The van der Waals surface area contributed by atoms with Crippen LogP contribution in [0.1, 0.15) is 27.7 Å². The van der Waals surface area contributed by atoms with Crippen molar-refractivity contribution >= 4 is 36.1 Å². The molecule has 3 aromatic rings. The van der Waals surface area contributed by atoms with Gasteiger partial charge < -0.3 is 9.31 Å². The molecule has 29 heavy (non-hydrogen) atoms. The molecule has 0 N–H and O–H groups in total. The zero-order valence-corrected chi connectivity index (χ0v) is 18.7. The van der Waals surface area contributed by atoms with Crippen LogP contribution in [0, 0.1) is 0 Å². The van der Waals surface area contributed by atoms with Gasteiger partial charge in [-0.2, -0.15) is 0 Å². The van der Waals surface area contributed by atoms with E-state index in [2.05, 4.69) is 94.4 Å². The molecule has 2 nitrogen and oxygen atoms in total. The van der Waals surface area contributed by atoms with E-state index >= 15 is 0 Å². The minimum Gasteiger partial charge on any atom is -0.399 e. The van der Waals surface area contributed by atoms with Gasteiger partial charge in [-0.25, -0.2) is 0 Å². The second-order valence-electron chi connectivity index (χ2n) is 8.50. The van der Waals surface area contributed by atoms with Crippen LogP contribution in [0.15, 0.2) is 86.3 Å². The first-order chi connectivity index (χ1) is 13.8. The first kappa shape index (κ1) is 19.3. The lowest BCUT2D eigenvalue weighted by Crippen LogP contribution is -2.41. The molecule has 0 aliphatic carbocycles. The Morgan fingerprint density at radius 1 is 0.690 bits per heavy atom. The van der Waals surface area contributed by atoms with E-state index in [0.717, 1.165) is 5.46 Å². The number of rotatable bonds is 2. The molecule has 0 saturated carbocycles. The maximum absolute atomic E-state index is 6.27. The maximum atomic E-state index is 6.27. The molecular weight excluding hydrogens is 395 g/mol. The zero-order chi connectivity index (χ0) is 20.2. The van der Waals surface area contributed by atoms with Crippen LogP contribution in [0.5, 0.6) is 0 Å². The molecule has 146 valence electrons. The van der Waals surface area contributed by atoms with Crippen LogP contribution in [-0.4, -0.2) is 18.3 Å². The predicted octanol–water partition coefficient (Wildman–Crippen LogP) is 6.27. The summed E-state index contributed by atoms with van der Waals surface area (Å²) in [6, 6.07) is 23.8. The molecule has 0 atom stereocenters. The van der Waals surface area contributed by atoms with Crippen LogP contribution in [0.3, 0.4) is 0 Å². The molecule has 0 spiro atoms. The summed E-state index contributed by atoms with van der Waals surface area (Å²) in [4.78, 5) is 5.28. The first-order valence-corrected chi connectivity index (χ1v) is 11.5. The molecule has 2 heterocycles. The first-order valence-electron chi connectivity index (χ1n) is 9.88. The van der Waals surface area contributed by atoms with Crippen molar-refractivity contribution in [2.24, 2.45) is 0 Å². The van der Waals surface area contributed by atoms with Crippen molar-refractivity contribution in [3.63, 3.8) is 0 Å². The van der Waals surface area contributed by atoms with E-state index in [1.165, 1.54) is 30.7 Å². The highest BCUT2D eigenvalue weighted by Gasteiger charge is 2.51. The van der Waals surface area contributed by atoms with E-state index in [4.69, 9.17) is 9.31 Å². The fraction of sp³-hybridized carbons (Fsp3) is 0.250. The Balaban J connectivity index is 1.52. The van der Waals surface area contributed by atoms with Crippen LogP contribution in [-0.2, 0) is 9.31 Å². The lowest BCUT2D eigenvalue weighted by molar-refractivity contribution is 0.00578. The Hall–Kier alpha value is -1.66. The smallest absolute Gasteiger partial charge is 0.399 e. The normalized spacial score (nSPS) is 19.0. The monoisotopic (exact) mass is 418 g/mol. The van der Waals surface area contributed by atoms with E-state index < -0.39 is 0 Å². The van der Waals surface area contributed by atoms with E-state index in [1.54, 1.807) is 0 Å². The highest BCUT2D eigenvalue weighted by molar-refractivity contribution is 8.05. The Labute approximate surface area is 181 Å². The van der Waals surface area contributed by atoms with Crippen LogP contribution >= 0.6 is 23.5 Å². The SMILES string of the molecule is CC1(C)OB(c2cccc(-c3cccc4c3Sc3ccccc3S4)c2)OC1(C)C. The summed E-state index contributed by atoms with van der Waals surface area (Å²) in [6.07, 6.45) is 0. The topological polar surface area (TPSA) is 18.5 Å². The molecule has 3 aromatic carbocycles. The molecular formula is C24H23BO2S2. The Bertz CT molecular complexity index is 1080. The molecule has 1 saturated heterocycles. The number of hydrogen-bond donors (Lipinski definition) is 0. The van der Waals surface area contributed by atoms with Crippen molar-refractivity contribution in [3.05, 3.63) is 66.7 Å². The molecule has 2 aliphatic rings. The van der Waals surface area contributed by atoms with Crippen LogP contribution < -0.4 is 5.46 Å². The largest absolute Gasteiger partial charge is 0.494 e. The molecule has 5 rings (SSSR count). The minimum atomic E-state index is -0.345. The van der Waals surface area contributed by atoms with Crippen molar-refractivity contribution in [2.75, 3.05) is 0 Å². The molecule has 2 aliphatic heterocycles.